The SMILES string of the molecule is C=C(OCCON)c1c(C)oc(C)c1S(=O)(=O)NC(=O)n1nc(OC)n(OC)c1=O. The topological polar surface area (TPSA) is 179 Å². The predicted molar refractivity (Wildman–Crippen MR) is 100.0 cm³/mol. The summed E-state index contributed by atoms with van der Waals surface area (Å²) >= 11 is 0. The maximum atomic E-state index is 12.9. The molecule has 0 saturated carbocycles. The van der Waals surface area contributed by atoms with Gasteiger partial charge in [0.25, 0.3) is 10.0 Å². The van der Waals surface area contributed by atoms with Crippen molar-refractivity contribution in [1.82, 2.24) is 19.2 Å². The molecule has 2 heterocycles. The highest BCUT2D eigenvalue weighted by Crippen LogP contribution is 2.32. The molecule has 0 aliphatic rings. The Morgan fingerprint density at radius 3 is 2.47 bits per heavy atom. The van der Waals surface area contributed by atoms with Crippen LogP contribution in [0.4, 0.5) is 4.79 Å². The lowest BCUT2D eigenvalue weighted by molar-refractivity contribution is 0.0926. The van der Waals surface area contributed by atoms with Crippen molar-refractivity contribution in [1.29, 1.82) is 0 Å². The van der Waals surface area contributed by atoms with Crippen molar-refractivity contribution in [3.63, 3.8) is 0 Å². The lowest BCUT2D eigenvalue weighted by Crippen LogP contribution is -2.41. The molecule has 166 valence electrons. The number of sulfonamides is 1. The van der Waals surface area contributed by atoms with Crippen LogP contribution in [0.5, 0.6) is 6.01 Å². The smallest absolute Gasteiger partial charge is 0.391 e. The average molecular weight is 447 g/mol. The van der Waals surface area contributed by atoms with Gasteiger partial charge in [-0.25, -0.2) is 28.6 Å². The molecular formula is C15H21N5O9S. The molecule has 0 aromatic carbocycles. The Labute approximate surface area is 170 Å². The molecule has 0 fully saturated rings. The molecule has 0 unspecified atom stereocenters. The van der Waals surface area contributed by atoms with E-state index in [0.29, 0.717) is 4.73 Å². The van der Waals surface area contributed by atoms with E-state index in [9.17, 15) is 18.0 Å². The largest absolute Gasteiger partial charge is 0.491 e. The molecule has 0 spiro atoms. The maximum absolute atomic E-state index is 12.9. The maximum Gasteiger partial charge on any atom is 0.391 e. The first-order chi connectivity index (χ1) is 14.1. The molecule has 1 amide bonds. The summed E-state index contributed by atoms with van der Waals surface area (Å²) in [5.41, 5.74) is -1.07. The minimum Gasteiger partial charge on any atom is -0.491 e. The van der Waals surface area contributed by atoms with Gasteiger partial charge in [-0.1, -0.05) is 11.3 Å². The average Bonchev–Trinajstić information content (AvgIpc) is 3.16. The fourth-order valence-electron chi connectivity index (χ4n) is 2.55. The lowest BCUT2D eigenvalue weighted by atomic mass is 10.2. The monoisotopic (exact) mass is 447 g/mol. The number of nitrogens with zero attached hydrogens (tertiary/aromatic N) is 3. The van der Waals surface area contributed by atoms with E-state index in [2.05, 4.69) is 16.5 Å². The van der Waals surface area contributed by atoms with Gasteiger partial charge in [0.2, 0.25) is 0 Å². The molecule has 14 nitrogen and oxygen atoms in total. The van der Waals surface area contributed by atoms with E-state index >= 15 is 0 Å². The number of rotatable bonds is 9. The second-order valence-electron chi connectivity index (χ2n) is 5.63. The van der Waals surface area contributed by atoms with E-state index in [4.69, 9.17) is 24.6 Å². The van der Waals surface area contributed by atoms with E-state index in [1.807, 2.05) is 0 Å². The fourth-order valence-corrected chi connectivity index (χ4v) is 3.92. The standard InChI is InChI=1S/C15H21N5O9S/c1-8(27-6-7-28-16)11-9(2)29-10(3)12(11)30(23,24)18-13(21)19-15(22)20(26-5)14(17-19)25-4/h1,6-7,16H2,2-5H3,(H,18,21). The second-order valence-corrected chi connectivity index (χ2v) is 7.25. The highest BCUT2D eigenvalue weighted by Gasteiger charge is 2.32. The van der Waals surface area contributed by atoms with Gasteiger partial charge in [0, 0.05) is 0 Å². The summed E-state index contributed by atoms with van der Waals surface area (Å²) in [7, 11) is -2.22. The van der Waals surface area contributed by atoms with Gasteiger partial charge in [0.05, 0.1) is 12.7 Å². The molecular weight excluding hydrogens is 426 g/mol. The van der Waals surface area contributed by atoms with E-state index in [1.54, 1.807) is 4.72 Å². The van der Waals surface area contributed by atoms with Crippen LogP contribution in [0.1, 0.15) is 17.1 Å². The zero-order valence-electron chi connectivity index (χ0n) is 16.6. The molecule has 0 aliphatic carbocycles. The summed E-state index contributed by atoms with van der Waals surface area (Å²) in [4.78, 5) is 33.3. The Balaban J connectivity index is 2.41. The second kappa shape index (κ2) is 9.02. The zero-order chi connectivity index (χ0) is 22.6. The Hall–Kier alpha value is -3.30. The van der Waals surface area contributed by atoms with Crippen molar-refractivity contribution in [2.45, 2.75) is 18.7 Å². The summed E-state index contributed by atoms with van der Waals surface area (Å²) in [6.45, 7) is 6.57. The number of hydrogen-bond acceptors (Lipinski definition) is 11. The molecule has 3 N–H and O–H groups in total. The van der Waals surface area contributed by atoms with Gasteiger partial charge < -0.3 is 23.6 Å². The van der Waals surface area contributed by atoms with Gasteiger partial charge >= 0.3 is 17.7 Å². The number of hydrogen-bond donors (Lipinski definition) is 2. The molecule has 30 heavy (non-hydrogen) atoms. The summed E-state index contributed by atoms with van der Waals surface area (Å²) in [6, 6.07) is -1.74. The van der Waals surface area contributed by atoms with Gasteiger partial charge in [-0.15, -0.1) is 9.78 Å². The van der Waals surface area contributed by atoms with Crippen LogP contribution in [0.3, 0.4) is 0 Å². The van der Waals surface area contributed by atoms with Gasteiger partial charge in [0.1, 0.15) is 42.5 Å². The van der Waals surface area contributed by atoms with Gasteiger partial charge in [-0.2, -0.15) is 0 Å². The summed E-state index contributed by atoms with van der Waals surface area (Å²) < 4.78 is 43.8. The number of aryl methyl sites for hydroxylation is 2. The van der Waals surface area contributed by atoms with Crippen LogP contribution in [0.25, 0.3) is 5.76 Å². The van der Waals surface area contributed by atoms with Crippen molar-refractivity contribution < 1.29 is 36.8 Å². The van der Waals surface area contributed by atoms with E-state index in [1.165, 1.54) is 21.0 Å². The molecule has 2 rings (SSSR count). The number of nitrogens with two attached hydrogens (primary N) is 1. The molecule has 0 aliphatic heterocycles. The molecule has 0 atom stereocenters. The summed E-state index contributed by atoms with van der Waals surface area (Å²) in [5, 5.41) is 3.56. The predicted octanol–water partition coefficient (Wildman–Crippen LogP) is -0.854. The normalized spacial score (nSPS) is 11.2. The number of methoxy groups -OCH3 is 1. The highest BCUT2D eigenvalue weighted by atomic mass is 32.2. The van der Waals surface area contributed by atoms with Crippen molar-refractivity contribution >= 4 is 21.8 Å². The van der Waals surface area contributed by atoms with Gasteiger partial charge in [0.15, 0.2) is 0 Å². The first-order valence-corrected chi connectivity index (χ1v) is 9.68. The van der Waals surface area contributed by atoms with Crippen molar-refractivity contribution in [3.8, 4) is 6.01 Å². The van der Waals surface area contributed by atoms with Crippen molar-refractivity contribution in [2.24, 2.45) is 5.90 Å². The third-order valence-corrected chi connectivity index (χ3v) is 5.20. The number of nitrogens with one attached hydrogen (secondary N) is 1. The minimum absolute atomic E-state index is 0.00547. The van der Waals surface area contributed by atoms with Crippen molar-refractivity contribution in [2.75, 3.05) is 27.4 Å². The van der Waals surface area contributed by atoms with E-state index < -0.39 is 26.6 Å². The molecule has 2 aromatic heterocycles. The van der Waals surface area contributed by atoms with Gasteiger partial charge in [-0.3, -0.25) is 0 Å². The first-order valence-electron chi connectivity index (χ1n) is 8.20. The molecule has 15 heteroatoms. The van der Waals surface area contributed by atoms with Crippen LogP contribution < -0.4 is 25.9 Å². The molecule has 2 aromatic rings. The molecule has 0 saturated heterocycles. The molecule has 0 radical (unpaired) electrons. The number of aromatic nitrogens is 3. The molecule has 0 bridgehead atoms. The Morgan fingerprint density at radius 2 is 1.93 bits per heavy atom. The summed E-state index contributed by atoms with van der Waals surface area (Å²) in [6.07, 6.45) is 0. The van der Waals surface area contributed by atoms with Crippen LogP contribution >= 0.6 is 0 Å². The third kappa shape index (κ3) is 4.32. The van der Waals surface area contributed by atoms with Crippen LogP contribution in [-0.2, 0) is 19.6 Å². The fraction of sp³-hybridized carbons (Fsp3) is 0.400. The van der Waals surface area contributed by atoms with Gasteiger partial charge in [-0.05, 0) is 13.8 Å². The van der Waals surface area contributed by atoms with Crippen LogP contribution in [0, 0.1) is 13.8 Å². The summed E-state index contributed by atoms with van der Waals surface area (Å²) in [5.74, 6) is 5.02. The van der Waals surface area contributed by atoms with Crippen LogP contribution in [-0.4, -0.2) is 56.4 Å². The number of furan rings is 1. The Morgan fingerprint density at radius 1 is 1.27 bits per heavy atom. The Kier molecular flexibility index (Phi) is 6.91. The van der Waals surface area contributed by atoms with Crippen LogP contribution in [0.2, 0.25) is 0 Å². The van der Waals surface area contributed by atoms with Crippen molar-refractivity contribution in [3.05, 3.63) is 34.1 Å². The number of carbonyl (C=O) groups excluding carboxylic acids is 1. The number of ether oxygens (including phenoxy) is 2. The van der Waals surface area contributed by atoms with E-state index in [0.717, 1.165) is 7.11 Å². The zero-order valence-corrected chi connectivity index (χ0v) is 17.4. The number of amides is 1. The van der Waals surface area contributed by atoms with E-state index in [-0.39, 0.29) is 46.7 Å². The quantitative estimate of drug-likeness (QED) is 0.278. The third-order valence-electron chi connectivity index (χ3n) is 3.72. The van der Waals surface area contributed by atoms with Crippen LogP contribution in [0.15, 0.2) is 20.7 Å². The lowest BCUT2D eigenvalue weighted by Gasteiger charge is -2.11. The number of carbonyl (C=O) groups is 1. The first kappa shape index (κ1) is 23.0. The Bertz CT molecular complexity index is 1110. The minimum atomic E-state index is -4.54. The highest BCUT2D eigenvalue weighted by molar-refractivity contribution is 7.90.